The average Bonchev–Trinajstić information content (AvgIpc) is 2.01. The lowest BCUT2D eigenvalue weighted by molar-refractivity contribution is -0.139. The summed E-state index contributed by atoms with van der Waals surface area (Å²) in [6, 6.07) is 0. The molecule has 0 rings (SSSR count). The highest BCUT2D eigenvalue weighted by Crippen LogP contribution is 1.82. The van der Waals surface area contributed by atoms with Crippen LogP contribution in [0.2, 0.25) is 0 Å². The molecule has 5 nitrogen and oxygen atoms in total. The number of ether oxygens (including phenoxy) is 2. The normalized spacial score (nSPS) is 10.1. The zero-order valence-corrected chi connectivity index (χ0v) is 6.65. The molecular weight excluding hydrogens is 164 g/mol. The first kappa shape index (κ1) is 10.6. The van der Waals surface area contributed by atoms with E-state index in [1.54, 1.807) is 0 Å². The number of methoxy groups -OCH3 is 1. The molecule has 0 aliphatic heterocycles. The molecule has 12 heavy (non-hydrogen) atoms. The molecule has 0 amide bonds. The molecule has 0 radical (unpaired) electrons. The molecule has 0 aromatic rings. The maximum atomic E-state index is 10.6. The molecule has 0 fully saturated rings. The number of carboxylic acids is 1. The fourth-order valence-corrected chi connectivity index (χ4v) is 0.413. The Bertz CT molecular complexity index is 184. The monoisotopic (exact) mass is 174 g/mol. The van der Waals surface area contributed by atoms with Gasteiger partial charge in [0.1, 0.15) is 6.61 Å². The van der Waals surface area contributed by atoms with Gasteiger partial charge in [0.25, 0.3) is 0 Å². The van der Waals surface area contributed by atoms with E-state index < -0.39 is 11.9 Å². The number of aliphatic carboxylic acids is 1. The van der Waals surface area contributed by atoms with Crippen molar-refractivity contribution in [3.63, 3.8) is 0 Å². The second kappa shape index (κ2) is 6.36. The summed E-state index contributed by atoms with van der Waals surface area (Å²) in [7, 11) is 1.47. The van der Waals surface area contributed by atoms with Crippen molar-refractivity contribution in [1.82, 2.24) is 0 Å². The van der Waals surface area contributed by atoms with Gasteiger partial charge in [-0.15, -0.1) is 0 Å². The van der Waals surface area contributed by atoms with Gasteiger partial charge >= 0.3 is 11.9 Å². The molecule has 0 saturated heterocycles. The van der Waals surface area contributed by atoms with Crippen LogP contribution in [0.4, 0.5) is 0 Å². The van der Waals surface area contributed by atoms with Crippen LogP contribution in [0.1, 0.15) is 0 Å². The Labute approximate surface area is 69.6 Å². The van der Waals surface area contributed by atoms with E-state index in [2.05, 4.69) is 9.47 Å². The number of esters is 1. The standard InChI is InChI=1S/C7H10O5/c1-11-4-5-12-7(10)3-2-6(8)9/h2-3H,4-5H2,1H3,(H,8,9)/b3-2+. The second-order valence-corrected chi connectivity index (χ2v) is 1.83. The molecule has 0 aliphatic rings. The van der Waals surface area contributed by atoms with Crippen LogP contribution in [0.5, 0.6) is 0 Å². The molecule has 0 bridgehead atoms. The summed E-state index contributed by atoms with van der Waals surface area (Å²) in [5.41, 5.74) is 0. The van der Waals surface area contributed by atoms with Gasteiger partial charge in [-0.3, -0.25) is 0 Å². The van der Waals surface area contributed by atoms with Gasteiger partial charge < -0.3 is 14.6 Å². The summed E-state index contributed by atoms with van der Waals surface area (Å²) < 4.78 is 9.12. The van der Waals surface area contributed by atoms with E-state index in [0.717, 1.165) is 12.2 Å². The molecule has 0 atom stereocenters. The molecule has 0 aromatic heterocycles. The first-order chi connectivity index (χ1) is 5.66. The predicted octanol–water partition coefficient (Wildman–Crippen LogP) is -0.183. The van der Waals surface area contributed by atoms with Crippen LogP contribution in [-0.4, -0.2) is 37.4 Å². The lowest BCUT2D eigenvalue weighted by Gasteiger charge is -1.98. The van der Waals surface area contributed by atoms with Gasteiger partial charge in [0, 0.05) is 19.3 Å². The quantitative estimate of drug-likeness (QED) is 0.355. The number of rotatable bonds is 5. The minimum Gasteiger partial charge on any atom is -0.478 e. The highest BCUT2D eigenvalue weighted by Gasteiger charge is 1.96. The lowest BCUT2D eigenvalue weighted by atomic mass is 10.5. The summed E-state index contributed by atoms with van der Waals surface area (Å²) >= 11 is 0. The molecule has 0 heterocycles. The maximum absolute atomic E-state index is 10.6. The van der Waals surface area contributed by atoms with Crippen molar-refractivity contribution in [1.29, 1.82) is 0 Å². The highest BCUT2D eigenvalue weighted by atomic mass is 16.6. The smallest absolute Gasteiger partial charge is 0.331 e. The fourth-order valence-electron chi connectivity index (χ4n) is 0.413. The third kappa shape index (κ3) is 6.76. The topological polar surface area (TPSA) is 72.8 Å². The molecule has 68 valence electrons. The Hall–Kier alpha value is -1.36. The predicted molar refractivity (Wildman–Crippen MR) is 39.6 cm³/mol. The van der Waals surface area contributed by atoms with Gasteiger partial charge in [0.05, 0.1) is 6.61 Å². The Balaban J connectivity index is 3.53. The first-order valence-corrected chi connectivity index (χ1v) is 3.23. The van der Waals surface area contributed by atoms with Crippen LogP contribution in [0.25, 0.3) is 0 Å². The fraction of sp³-hybridized carbons (Fsp3) is 0.429. The summed E-state index contributed by atoms with van der Waals surface area (Å²) in [5.74, 6) is -1.87. The number of carbonyl (C=O) groups excluding carboxylic acids is 1. The Morgan fingerprint density at radius 3 is 2.50 bits per heavy atom. The first-order valence-electron chi connectivity index (χ1n) is 3.23. The van der Waals surface area contributed by atoms with Gasteiger partial charge in [-0.25, -0.2) is 9.59 Å². The van der Waals surface area contributed by atoms with Crippen LogP contribution in [0, 0.1) is 0 Å². The van der Waals surface area contributed by atoms with Crippen LogP contribution in [0.3, 0.4) is 0 Å². The maximum Gasteiger partial charge on any atom is 0.331 e. The zero-order valence-electron chi connectivity index (χ0n) is 6.65. The van der Waals surface area contributed by atoms with Crippen molar-refractivity contribution >= 4 is 11.9 Å². The van der Waals surface area contributed by atoms with E-state index in [-0.39, 0.29) is 6.61 Å². The van der Waals surface area contributed by atoms with Crippen molar-refractivity contribution in [2.45, 2.75) is 0 Å². The lowest BCUT2D eigenvalue weighted by Crippen LogP contribution is -2.07. The molecule has 0 aromatic carbocycles. The second-order valence-electron chi connectivity index (χ2n) is 1.83. The van der Waals surface area contributed by atoms with Gasteiger partial charge in [-0.05, 0) is 0 Å². The summed E-state index contributed by atoms with van der Waals surface area (Å²) in [6.45, 7) is 0.423. The van der Waals surface area contributed by atoms with Gasteiger partial charge in [-0.1, -0.05) is 0 Å². The Morgan fingerprint density at radius 2 is 2.00 bits per heavy atom. The van der Waals surface area contributed by atoms with Crippen molar-refractivity contribution in [2.75, 3.05) is 20.3 Å². The van der Waals surface area contributed by atoms with Crippen molar-refractivity contribution in [2.24, 2.45) is 0 Å². The van der Waals surface area contributed by atoms with Gasteiger partial charge in [0.2, 0.25) is 0 Å². The van der Waals surface area contributed by atoms with E-state index in [0.29, 0.717) is 6.61 Å². The van der Waals surface area contributed by atoms with E-state index in [1.807, 2.05) is 0 Å². The van der Waals surface area contributed by atoms with E-state index in [1.165, 1.54) is 7.11 Å². The Morgan fingerprint density at radius 1 is 1.33 bits per heavy atom. The number of hydrogen-bond donors (Lipinski definition) is 1. The van der Waals surface area contributed by atoms with Gasteiger partial charge in [0.15, 0.2) is 0 Å². The highest BCUT2D eigenvalue weighted by molar-refractivity contribution is 5.90. The number of carboxylic acid groups (broad SMARTS) is 1. The third-order valence-corrected chi connectivity index (χ3v) is 0.894. The van der Waals surface area contributed by atoms with Crippen molar-refractivity contribution in [3.8, 4) is 0 Å². The summed E-state index contributed by atoms with van der Waals surface area (Å²) in [6.07, 6.45) is 1.56. The Kier molecular flexibility index (Phi) is 5.64. The third-order valence-electron chi connectivity index (χ3n) is 0.894. The van der Waals surface area contributed by atoms with Crippen molar-refractivity contribution in [3.05, 3.63) is 12.2 Å². The molecular formula is C7H10O5. The minimum absolute atomic E-state index is 0.124. The molecule has 1 N–H and O–H groups in total. The molecule has 0 aliphatic carbocycles. The summed E-state index contributed by atoms with van der Waals surface area (Å²) in [5, 5.41) is 8.11. The number of hydrogen-bond acceptors (Lipinski definition) is 4. The van der Waals surface area contributed by atoms with Crippen LogP contribution >= 0.6 is 0 Å². The van der Waals surface area contributed by atoms with Crippen LogP contribution < -0.4 is 0 Å². The largest absolute Gasteiger partial charge is 0.478 e. The average molecular weight is 174 g/mol. The van der Waals surface area contributed by atoms with E-state index >= 15 is 0 Å². The zero-order chi connectivity index (χ0) is 9.40. The molecule has 0 unspecified atom stereocenters. The van der Waals surface area contributed by atoms with E-state index in [4.69, 9.17) is 5.11 Å². The minimum atomic E-state index is -1.18. The SMILES string of the molecule is COCCOC(=O)/C=C/C(=O)O. The summed E-state index contributed by atoms with van der Waals surface area (Å²) in [4.78, 5) is 20.5. The van der Waals surface area contributed by atoms with Gasteiger partial charge in [-0.2, -0.15) is 0 Å². The number of carbonyl (C=O) groups is 2. The van der Waals surface area contributed by atoms with Crippen molar-refractivity contribution < 1.29 is 24.2 Å². The van der Waals surface area contributed by atoms with E-state index in [9.17, 15) is 9.59 Å². The molecule has 0 spiro atoms. The molecule has 0 saturated carbocycles. The van der Waals surface area contributed by atoms with Crippen LogP contribution in [0.15, 0.2) is 12.2 Å². The van der Waals surface area contributed by atoms with Crippen LogP contribution in [-0.2, 0) is 19.1 Å². The molecule has 5 heteroatoms.